The van der Waals surface area contributed by atoms with E-state index in [2.05, 4.69) is 0 Å². The van der Waals surface area contributed by atoms with Crippen molar-refractivity contribution in [2.75, 3.05) is 6.79 Å². The van der Waals surface area contributed by atoms with E-state index in [-0.39, 0.29) is 6.10 Å². The summed E-state index contributed by atoms with van der Waals surface area (Å²) in [6, 6.07) is 7.31. The lowest BCUT2D eigenvalue weighted by Gasteiger charge is -2.28. The number of hydrogen-bond acceptors (Lipinski definition) is 8. The van der Waals surface area contributed by atoms with Crippen LogP contribution in [0.4, 0.5) is 4.79 Å². The Morgan fingerprint density at radius 2 is 1.72 bits per heavy atom. The lowest BCUT2D eigenvalue weighted by molar-refractivity contribution is -0.149. The third-order valence-electron chi connectivity index (χ3n) is 3.08. The molecule has 138 valence electrons. The first kappa shape index (κ1) is 21.0. The molecule has 0 spiro atoms. The Bertz CT molecular complexity index is 602. The van der Waals surface area contributed by atoms with Crippen molar-refractivity contribution >= 4 is 29.0 Å². The van der Waals surface area contributed by atoms with Crippen LogP contribution in [0.3, 0.4) is 0 Å². The van der Waals surface area contributed by atoms with Crippen LogP contribution in [0.25, 0.3) is 0 Å². The highest BCUT2D eigenvalue weighted by Crippen LogP contribution is 2.29. The number of rotatable bonds is 7. The quantitative estimate of drug-likeness (QED) is 0.578. The maximum absolute atomic E-state index is 11.9. The fourth-order valence-electron chi connectivity index (χ4n) is 1.69. The van der Waals surface area contributed by atoms with Crippen LogP contribution in [0.15, 0.2) is 30.3 Å². The van der Waals surface area contributed by atoms with Gasteiger partial charge in [-0.3, -0.25) is 4.79 Å². The van der Waals surface area contributed by atoms with Gasteiger partial charge in [0.1, 0.15) is 6.04 Å². The molecular formula is C17H23NO6S. The van der Waals surface area contributed by atoms with Crippen LogP contribution in [0.5, 0.6) is 0 Å². The standard InChI is InChI=1S/C17H23NO6S/c1-11(2)24-15(20)13(18)17(3,4)25-16(21)23-10-22-14(19)12-8-6-5-7-9-12/h5-9,11,13H,10,18H2,1-4H3. The number of esters is 2. The molecule has 8 heteroatoms. The molecule has 0 amide bonds. The zero-order valence-electron chi connectivity index (χ0n) is 14.7. The van der Waals surface area contributed by atoms with Gasteiger partial charge in [0.05, 0.1) is 11.7 Å². The van der Waals surface area contributed by atoms with Crippen molar-refractivity contribution in [2.24, 2.45) is 5.73 Å². The summed E-state index contributed by atoms with van der Waals surface area (Å²) in [6.45, 7) is 6.14. The number of carbonyl (C=O) groups excluding carboxylic acids is 3. The van der Waals surface area contributed by atoms with Crippen molar-refractivity contribution < 1.29 is 28.6 Å². The molecule has 0 bridgehead atoms. The Balaban J connectivity index is 2.44. The first-order valence-corrected chi connectivity index (χ1v) is 8.49. The smallest absolute Gasteiger partial charge is 0.370 e. The van der Waals surface area contributed by atoms with Gasteiger partial charge in [0, 0.05) is 4.75 Å². The fraction of sp³-hybridized carbons (Fsp3) is 0.471. The monoisotopic (exact) mass is 369 g/mol. The molecule has 7 nitrogen and oxygen atoms in total. The van der Waals surface area contributed by atoms with E-state index in [1.165, 1.54) is 0 Å². The molecule has 0 saturated carbocycles. The summed E-state index contributed by atoms with van der Waals surface area (Å²) in [4.78, 5) is 35.4. The lowest BCUT2D eigenvalue weighted by atomic mass is 10.0. The van der Waals surface area contributed by atoms with Crippen LogP contribution in [-0.2, 0) is 19.0 Å². The van der Waals surface area contributed by atoms with E-state index in [9.17, 15) is 14.4 Å². The normalized spacial score (nSPS) is 12.4. The van der Waals surface area contributed by atoms with Crippen LogP contribution >= 0.6 is 11.8 Å². The zero-order chi connectivity index (χ0) is 19.0. The van der Waals surface area contributed by atoms with Crippen molar-refractivity contribution in [3.63, 3.8) is 0 Å². The Hall–Kier alpha value is -2.06. The minimum absolute atomic E-state index is 0.302. The van der Waals surface area contributed by atoms with Gasteiger partial charge < -0.3 is 19.9 Å². The van der Waals surface area contributed by atoms with E-state index in [4.69, 9.17) is 19.9 Å². The van der Waals surface area contributed by atoms with Crippen LogP contribution < -0.4 is 5.73 Å². The van der Waals surface area contributed by atoms with E-state index in [1.54, 1.807) is 58.0 Å². The average molecular weight is 369 g/mol. The molecule has 2 N–H and O–H groups in total. The van der Waals surface area contributed by atoms with E-state index in [0.717, 1.165) is 11.8 Å². The maximum Gasteiger partial charge on any atom is 0.370 e. The number of hydrogen-bond donors (Lipinski definition) is 1. The summed E-state index contributed by atoms with van der Waals surface area (Å²) in [5.74, 6) is -1.20. The fourth-order valence-corrected chi connectivity index (χ4v) is 2.45. The van der Waals surface area contributed by atoms with E-state index in [0.29, 0.717) is 5.56 Å². The zero-order valence-corrected chi connectivity index (χ0v) is 15.5. The van der Waals surface area contributed by atoms with Gasteiger partial charge in [-0.25, -0.2) is 9.59 Å². The van der Waals surface area contributed by atoms with Gasteiger partial charge in [-0.15, -0.1) is 0 Å². The van der Waals surface area contributed by atoms with E-state index >= 15 is 0 Å². The van der Waals surface area contributed by atoms with Crippen LogP contribution in [-0.4, -0.2) is 40.9 Å². The Labute approximate surface area is 151 Å². The molecule has 1 atom stereocenters. The Kier molecular flexibility index (Phi) is 7.92. The van der Waals surface area contributed by atoms with Gasteiger partial charge in [0.25, 0.3) is 0 Å². The molecule has 1 aromatic rings. The molecule has 0 fully saturated rings. The molecule has 0 saturated heterocycles. The molecule has 0 heterocycles. The summed E-state index contributed by atoms with van der Waals surface area (Å²) in [5, 5.41) is -0.710. The lowest BCUT2D eigenvalue weighted by Crippen LogP contribution is -2.48. The topological polar surface area (TPSA) is 105 Å². The number of ether oxygens (including phenoxy) is 3. The number of benzene rings is 1. The van der Waals surface area contributed by atoms with Gasteiger partial charge in [-0.1, -0.05) is 18.2 Å². The third kappa shape index (κ3) is 7.15. The SMILES string of the molecule is CC(C)OC(=O)C(N)C(C)(C)SC(=O)OCOC(=O)c1ccccc1. The van der Waals surface area contributed by atoms with Crippen molar-refractivity contribution in [1.29, 1.82) is 0 Å². The van der Waals surface area contributed by atoms with Crippen molar-refractivity contribution in [2.45, 2.75) is 44.6 Å². The first-order valence-electron chi connectivity index (χ1n) is 7.67. The van der Waals surface area contributed by atoms with Gasteiger partial charge in [0.2, 0.25) is 6.79 Å². The summed E-state index contributed by atoms with van der Waals surface area (Å²) in [7, 11) is 0. The van der Waals surface area contributed by atoms with Gasteiger partial charge in [0.15, 0.2) is 0 Å². The molecule has 1 unspecified atom stereocenters. The molecule has 0 radical (unpaired) electrons. The summed E-state index contributed by atoms with van der Waals surface area (Å²) in [6.07, 6.45) is -0.302. The molecule has 25 heavy (non-hydrogen) atoms. The van der Waals surface area contributed by atoms with Crippen molar-refractivity contribution in [3.05, 3.63) is 35.9 Å². The summed E-state index contributed by atoms with van der Waals surface area (Å²) < 4.78 is 13.8. The molecule has 1 aromatic carbocycles. The van der Waals surface area contributed by atoms with Crippen LogP contribution in [0, 0.1) is 0 Å². The van der Waals surface area contributed by atoms with Gasteiger partial charge in [-0.2, -0.15) is 0 Å². The molecule has 0 aromatic heterocycles. The van der Waals surface area contributed by atoms with Gasteiger partial charge in [-0.05, 0) is 51.6 Å². The molecule has 0 aliphatic rings. The second kappa shape index (κ2) is 9.43. The predicted molar refractivity (Wildman–Crippen MR) is 94.1 cm³/mol. The second-order valence-corrected chi connectivity index (χ2v) is 7.57. The number of carbonyl (C=O) groups is 3. The maximum atomic E-state index is 11.9. The van der Waals surface area contributed by atoms with Crippen LogP contribution in [0.1, 0.15) is 38.1 Å². The number of thioether (sulfide) groups is 1. The van der Waals surface area contributed by atoms with E-state index in [1.807, 2.05) is 0 Å². The second-order valence-electron chi connectivity index (χ2n) is 5.98. The molecule has 1 rings (SSSR count). The minimum Gasteiger partial charge on any atom is -0.462 e. The molecule has 0 aliphatic heterocycles. The summed E-state index contributed by atoms with van der Waals surface area (Å²) >= 11 is 0.735. The largest absolute Gasteiger partial charge is 0.462 e. The third-order valence-corrected chi connectivity index (χ3v) is 4.14. The van der Waals surface area contributed by atoms with Crippen molar-refractivity contribution in [1.82, 2.24) is 0 Å². The van der Waals surface area contributed by atoms with Crippen molar-refractivity contribution in [3.8, 4) is 0 Å². The molecular weight excluding hydrogens is 346 g/mol. The Morgan fingerprint density at radius 3 is 2.28 bits per heavy atom. The average Bonchev–Trinajstić information content (AvgIpc) is 2.53. The first-order chi connectivity index (χ1) is 11.6. The highest BCUT2D eigenvalue weighted by Gasteiger charge is 2.37. The molecule has 0 aliphatic carbocycles. The van der Waals surface area contributed by atoms with Crippen LogP contribution in [0.2, 0.25) is 0 Å². The predicted octanol–water partition coefficient (Wildman–Crippen LogP) is 2.73. The summed E-state index contributed by atoms with van der Waals surface area (Å²) in [5.41, 5.74) is 6.21. The number of nitrogens with two attached hydrogens (primary N) is 1. The highest BCUT2D eigenvalue weighted by atomic mass is 32.2. The highest BCUT2D eigenvalue weighted by molar-refractivity contribution is 8.14. The van der Waals surface area contributed by atoms with Gasteiger partial charge >= 0.3 is 17.2 Å². The minimum atomic E-state index is -1.01. The van der Waals surface area contributed by atoms with E-state index < -0.39 is 34.8 Å². The Morgan fingerprint density at radius 1 is 1.12 bits per heavy atom.